The molecule has 1 aromatic carbocycles. The molecule has 1 saturated heterocycles. The van der Waals surface area contributed by atoms with Crippen molar-refractivity contribution in [3.05, 3.63) is 35.9 Å². The number of hydrogen-bond acceptors (Lipinski definition) is 7. The predicted molar refractivity (Wildman–Crippen MR) is 174 cm³/mol. The Morgan fingerprint density at radius 2 is 1.67 bits per heavy atom. The summed E-state index contributed by atoms with van der Waals surface area (Å²) < 4.78 is 16.7. The van der Waals surface area contributed by atoms with Crippen molar-refractivity contribution in [1.82, 2.24) is 15.1 Å². The van der Waals surface area contributed by atoms with Gasteiger partial charge in [-0.05, 0) is 36.7 Å². The first-order valence-electron chi connectivity index (χ1n) is 16.4. The highest BCUT2D eigenvalue weighted by atomic mass is 16.5. The van der Waals surface area contributed by atoms with Crippen molar-refractivity contribution >= 4 is 23.7 Å². The molecule has 1 aromatic rings. The van der Waals surface area contributed by atoms with Crippen LogP contribution in [0.5, 0.6) is 0 Å². The summed E-state index contributed by atoms with van der Waals surface area (Å²) in [4.78, 5) is 56.4. The van der Waals surface area contributed by atoms with Crippen LogP contribution in [0.4, 0.5) is 0 Å². The third kappa shape index (κ3) is 11.1. The fraction of sp³-hybridized carbons (Fsp3) is 0.714. The van der Waals surface area contributed by atoms with Gasteiger partial charge >= 0.3 is 5.97 Å². The van der Waals surface area contributed by atoms with Crippen LogP contribution in [0.2, 0.25) is 0 Å². The van der Waals surface area contributed by atoms with E-state index in [1.807, 2.05) is 61.0 Å². The van der Waals surface area contributed by atoms with E-state index in [2.05, 4.69) is 19.2 Å². The number of nitrogens with one attached hydrogen (secondary N) is 1. The minimum absolute atomic E-state index is 0.0533. The van der Waals surface area contributed by atoms with Crippen LogP contribution in [0.25, 0.3) is 0 Å². The number of rotatable bonds is 18. The van der Waals surface area contributed by atoms with Crippen molar-refractivity contribution in [2.75, 3.05) is 34.9 Å². The van der Waals surface area contributed by atoms with Crippen LogP contribution < -0.4 is 5.32 Å². The fourth-order valence-electron chi connectivity index (χ4n) is 6.34. The Labute approximate surface area is 270 Å². The number of likely N-dealkylation sites (tertiary alicyclic amines) is 1. The van der Waals surface area contributed by atoms with Crippen LogP contribution in [-0.2, 0) is 39.8 Å². The first kappa shape index (κ1) is 38.2. The minimum atomic E-state index is -0.849. The molecule has 10 heteroatoms. The normalized spacial score (nSPS) is 18.9. The van der Waals surface area contributed by atoms with Crippen LogP contribution >= 0.6 is 0 Å². The standard InChI is InChI=1S/C35H57N3O7/c1-10-24(4)30(37(6)31(39)19-23(2)3)21-27(43-7)22-32(40)38-18-14-17-29(38)33(44-8)25(5)34(41)36-28(35(42)45-9)20-26-15-12-11-13-16-26/h11-13,15-16,23-25,27-30,33H,10,14,17-22H2,1-9H3,(H,36,41). The summed E-state index contributed by atoms with van der Waals surface area (Å²) in [5, 5.41) is 2.86. The zero-order valence-electron chi connectivity index (χ0n) is 28.9. The Balaban J connectivity index is 2.14. The number of methoxy groups -OCH3 is 3. The molecule has 0 spiro atoms. The van der Waals surface area contributed by atoms with Crippen molar-refractivity contribution in [1.29, 1.82) is 0 Å². The van der Waals surface area contributed by atoms with Crippen molar-refractivity contribution in [3.8, 4) is 0 Å². The molecule has 2 rings (SSSR count). The highest BCUT2D eigenvalue weighted by Crippen LogP contribution is 2.29. The summed E-state index contributed by atoms with van der Waals surface area (Å²) in [6.45, 7) is 10.6. The second kappa shape index (κ2) is 18.9. The molecule has 10 nitrogen and oxygen atoms in total. The van der Waals surface area contributed by atoms with Gasteiger partial charge in [-0.25, -0.2) is 4.79 Å². The molecule has 0 radical (unpaired) electrons. The van der Waals surface area contributed by atoms with E-state index in [1.54, 1.807) is 21.1 Å². The summed E-state index contributed by atoms with van der Waals surface area (Å²) in [7, 11) is 6.32. The zero-order valence-corrected chi connectivity index (χ0v) is 28.9. The average Bonchev–Trinajstić information content (AvgIpc) is 3.51. The molecule has 254 valence electrons. The molecule has 0 bridgehead atoms. The highest BCUT2D eigenvalue weighted by Gasteiger charge is 2.41. The lowest BCUT2D eigenvalue weighted by Gasteiger charge is -2.37. The Hall–Kier alpha value is -2.98. The summed E-state index contributed by atoms with van der Waals surface area (Å²) in [5.74, 6) is -0.954. The van der Waals surface area contributed by atoms with Crippen molar-refractivity contribution in [2.24, 2.45) is 17.8 Å². The van der Waals surface area contributed by atoms with Gasteiger partial charge < -0.3 is 29.3 Å². The van der Waals surface area contributed by atoms with Crippen LogP contribution in [-0.4, -0.2) is 98.7 Å². The number of ether oxygens (including phenoxy) is 3. The molecule has 1 heterocycles. The van der Waals surface area contributed by atoms with E-state index in [9.17, 15) is 19.2 Å². The molecule has 7 unspecified atom stereocenters. The molecule has 45 heavy (non-hydrogen) atoms. The second-order valence-corrected chi connectivity index (χ2v) is 12.9. The number of carbonyl (C=O) groups is 4. The molecule has 1 fully saturated rings. The summed E-state index contributed by atoms with van der Waals surface area (Å²) in [6.07, 6.45) is 2.96. The lowest BCUT2D eigenvalue weighted by molar-refractivity contribution is -0.147. The van der Waals surface area contributed by atoms with Gasteiger partial charge in [0.05, 0.1) is 37.7 Å². The van der Waals surface area contributed by atoms with E-state index >= 15 is 0 Å². The number of nitrogens with zero attached hydrogens (tertiary/aromatic N) is 2. The fourth-order valence-corrected chi connectivity index (χ4v) is 6.34. The molecule has 1 aliphatic heterocycles. The van der Waals surface area contributed by atoms with Crippen LogP contribution in [0.3, 0.4) is 0 Å². The van der Waals surface area contributed by atoms with Crippen LogP contribution in [0.1, 0.15) is 78.7 Å². The Kier molecular flexibility index (Phi) is 16.0. The van der Waals surface area contributed by atoms with Crippen molar-refractivity contribution < 1.29 is 33.4 Å². The number of amides is 3. The largest absolute Gasteiger partial charge is 0.467 e. The summed E-state index contributed by atoms with van der Waals surface area (Å²) in [6, 6.07) is 8.24. The first-order valence-corrected chi connectivity index (χ1v) is 16.4. The SMILES string of the molecule is CCC(C)C(CC(CC(=O)N1CCCC1C(OC)C(C)C(=O)NC(Cc1ccccc1)C(=O)OC)OC)N(C)C(=O)CC(C)C. The van der Waals surface area contributed by atoms with Gasteiger partial charge in [-0.15, -0.1) is 0 Å². The maximum atomic E-state index is 13.8. The van der Waals surface area contributed by atoms with Gasteiger partial charge in [-0.1, -0.05) is 71.4 Å². The molecule has 0 aliphatic carbocycles. The maximum Gasteiger partial charge on any atom is 0.328 e. The van der Waals surface area contributed by atoms with E-state index in [4.69, 9.17) is 14.2 Å². The monoisotopic (exact) mass is 631 g/mol. The van der Waals surface area contributed by atoms with Crippen LogP contribution in [0, 0.1) is 17.8 Å². The van der Waals surface area contributed by atoms with E-state index in [0.717, 1.165) is 18.4 Å². The molecule has 1 aliphatic rings. The number of hydrogen-bond donors (Lipinski definition) is 1. The summed E-state index contributed by atoms with van der Waals surface area (Å²) >= 11 is 0. The first-order chi connectivity index (χ1) is 21.4. The third-order valence-corrected chi connectivity index (χ3v) is 9.28. The molecule has 0 aromatic heterocycles. The Bertz CT molecular complexity index is 1080. The molecule has 7 atom stereocenters. The van der Waals surface area contributed by atoms with Crippen LogP contribution in [0.15, 0.2) is 30.3 Å². The molecule has 0 saturated carbocycles. The molecule has 1 N–H and O–H groups in total. The van der Waals surface area contributed by atoms with E-state index < -0.39 is 24.0 Å². The maximum absolute atomic E-state index is 13.8. The van der Waals surface area contributed by atoms with Gasteiger partial charge in [0.2, 0.25) is 17.7 Å². The van der Waals surface area contributed by atoms with Gasteiger partial charge in [0.1, 0.15) is 6.04 Å². The minimum Gasteiger partial charge on any atom is -0.467 e. The quantitative estimate of drug-likeness (QED) is 0.241. The van der Waals surface area contributed by atoms with Gasteiger partial charge in [-0.3, -0.25) is 14.4 Å². The molecular weight excluding hydrogens is 574 g/mol. The Morgan fingerprint density at radius 1 is 1.00 bits per heavy atom. The highest BCUT2D eigenvalue weighted by molar-refractivity contribution is 5.86. The summed E-state index contributed by atoms with van der Waals surface area (Å²) in [5.41, 5.74) is 0.899. The topological polar surface area (TPSA) is 114 Å². The molecular formula is C35H57N3O7. The predicted octanol–water partition coefficient (Wildman–Crippen LogP) is 4.24. The van der Waals surface area contributed by atoms with E-state index in [0.29, 0.717) is 32.2 Å². The van der Waals surface area contributed by atoms with E-state index in [1.165, 1.54) is 7.11 Å². The second-order valence-electron chi connectivity index (χ2n) is 12.9. The van der Waals surface area contributed by atoms with Crippen molar-refractivity contribution in [2.45, 2.75) is 110 Å². The number of carbonyl (C=O) groups excluding carboxylic acids is 4. The Morgan fingerprint density at radius 3 is 2.22 bits per heavy atom. The average molecular weight is 632 g/mol. The number of benzene rings is 1. The van der Waals surface area contributed by atoms with Gasteiger partial charge in [0, 0.05) is 46.7 Å². The number of esters is 1. The smallest absolute Gasteiger partial charge is 0.328 e. The van der Waals surface area contributed by atoms with Gasteiger partial charge in [-0.2, -0.15) is 0 Å². The third-order valence-electron chi connectivity index (χ3n) is 9.28. The molecule has 3 amide bonds. The zero-order chi connectivity index (χ0) is 33.7. The van der Waals surface area contributed by atoms with E-state index in [-0.39, 0.29) is 54.2 Å². The van der Waals surface area contributed by atoms with Gasteiger partial charge in [0.15, 0.2) is 0 Å². The lowest BCUT2D eigenvalue weighted by atomic mass is 9.90. The van der Waals surface area contributed by atoms with Crippen molar-refractivity contribution in [3.63, 3.8) is 0 Å². The van der Waals surface area contributed by atoms with Gasteiger partial charge in [0.25, 0.3) is 0 Å². The lowest BCUT2D eigenvalue weighted by Crippen LogP contribution is -2.53.